The topological polar surface area (TPSA) is 107 Å². The fourth-order valence-electron chi connectivity index (χ4n) is 7.03. The van der Waals surface area contributed by atoms with Crippen molar-refractivity contribution in [1.29, 1.82) is 0 Å². The Hall–Kier alpha value is -1.93. The van der Waals surface area contributed by atoms with Crippen LogP contribution in [-0.2, 0) is 19.1 Å². The minimum atomic E-state index is -1.19. The second-order valence-electron chi connectivity index (χ2n) is 11.7. The highest BCUT2D eigenvalue weighted by atomic mass is 16.5. The molecule has 2 amide bonds. The van der Waals surface area contributed by atoms with Gasteiger partial charge in [0.2, 0.25) is 11.8 Å². The number of aliphatic hydroxyl groups is 1. The Morgan fingerprint density at radius 2 is 1.91 bits per heavy atom. The normalized spacial score (nSPS) is 33.4. The molecule has 0 aromatic carbocycles. The van der Waals surface area contributed by atoms with Crippen molar-refractivity contribution in [1.82, 2.24) is 9.80 Å². The monoisotopic (exact) mass is 464 g/mol. The summed E-state index contributed by atoms with van der Waals surface area (Å²) in [5, 5.41) is 19.8. The second kappa shape index (κ2) is 8.38. The molecule has 0 saturated carbocycles. The number of hydrogen-bond acceptors (Lipinski definition) is 5. The summed E-state index contributed by atoms with van der Waals surface area (Å²) in [4.78, 5) is 43.3. The van der Waals surface area contributed by atoms with E-state index < -0.39 is 46.5 Å². The first kappa shape index (κ1) is 25.7. The van der Waals surface area contributed by atoms with Gasteiger partial charge in [-0.15, -0.1) is 6.58 Å². The van der Waals surface area contributed by atoms with Crippen LogP contribution in [0.1, 0.15) is 67.2 Å². The molecule has 1 spiro atoms. The molecule has 2 N–H and O–H groups in total. The molecule has 8 nitrogen and oxygen atoms in total. The average Bonchev–Trinajstić information content (AvgIpc) is 3.28. The smallest absolute Gasteiger partial charge is 0.310 e. The SMILES string of the molecule is C=CCN(C(=O)C1N(CCO)C(=O)[C@@H]2[C@@H](C(=O)O)[C@@]3(CC)CCC12O3)C(C)(C)CC(C)(C)C. The molecule has 3 aliphatic heterocycles. The lowest BCUT2D eigenvalue weighted by atomic mass is 9.65. The van der Waals surface area contributed by atoms with Crippen molar-refractivity contribution < 1.29 is 29.3 Å². The molecule has 2 unspecified atom stereocenters. The van der Waals surface area contributed by atoms with Gasteiger partial charge in [0.1, 0.15) is 17.6 Å². The molecule has 0 aliphatic carbocycles. The molecule has 3 saturated heterocycles. The fraction of sp³-hybridized carbons (Fsp3) is 0.800. The summed E-state index contributed by atoms with van der Waals surface area (Å²) in [5.41, 5.74) is -2.74. The largest absolute Gasteiger partial charge is 0.481 e. The number of ether oxygens (including phenoxy) is 1. The Labute approximate surface area is 196 Å². The van der Waals surface area contributed by atoms with E-state index >= 15 is 0 Å². The van der Waals surface area contributed by atoms with Crippen LogP contribution in [0.3, 0.4) is 0 Å². The first-order valence-corrected chi connectivity index (χ1v) is 12.0. The van der Waals surface area contributed by atoms with E-state index in [4.69, 9.17) is 4.74 Å². The third kappa shape index (κ3) is 3.89. The van der Waals surface area contributed by atoms with Crippen molar-refractivity contribution in [3.63, 3.8) is 0 Å². The zero-order valence-electron chi connectivity index (χ0n) is 20.9. The molecular weight excluding hydrogens is 424 g/mol. The van der Waals surface area contributed by atoms with E-state index in [2.05, 4.69) is 27.4 Å². The highest BCUT2D eigenvalue weighted by Crippen LogP contribution is 2.64. The van der Waals surface area contributed by atoms with Gasteiger partial charge in [0.05, 0.1) is 18.1 Å². The minimum Gasteiger partial charge on any atom is -0.481 e. The fourth-order valence-corrected chi connectivity index (χ4v) is 7.03. The summed E-state index contributed by atoms with van der Waals surface area (Å²) in [6, 6.07) is -0.973. The van der Waals surface area contributed by atoms with E-state index in [1.807, 2.05) is 20.8 Å². The lowest BCUT2D eigenvalue weighted by Crippen LogP contribution is -2.61. The maximum atomic E-state index is 14.3. The molecule has 3 aliphatic rings. The third-order valence-corrected chi connectivity index (χ3v) is 7.79. The number of carbonyl (C=O) groups is 3. The van der Waals surface area contributed by atoms with Gasteiger partial charge >= 0.3 is 5.97 Å². The van der Waals surface area contributed by atoms with Crippen LogP contribution in [0.15, 0.2) is 12.7 Å². The Bertz CT molecular complexity index is 833. The van der Waals surface area contributed by atoms with Crippen LogP contribution < -0.4 is 0 Å². The standard InChI is InChI=1S/C25H40N2O6/c1-8-12-27(23(6,7)15-22(3,4)5)20(30)18-25-11-10-24(9-2,33-25)17(21(31)32)16(25)19(29)26(18)13-14-28/h8,16-18,28H,1,9-15H2,2-7H3,(H,31,32)/t16-,17-,18?,24+,25?/m0/s1. The highest BCUT2D eigenvalue weighted by molar-refractivity contribution is 5.98. The van der Waals surface area contributed by atoms with Gasteiger partial charge in [-0.3, -0.25) is 14.4 Å². The molecule has 0 aromatic rings. The number of hydrogen-bond donors (Lipinski definition) is 2. The van der Waals surface area contributed by atoms with E-state index in [1.54, 1.807) is 11.0 Å². The van der Waals surface area contributed by atoms with Gasteiger partial charge in [0.25, 0.3) is 0 Å². The number of fused-ring (bicyclic) bond motifs is 1. The van der Waals surface area contributed by atoms with Crippen LogP contribution in [0.4, 0.5) is 0 Å². The Morgan fingerprint density at radius 3 is 2.39 bits per heavy atom. The molecular formula is C25H40N2O6. The maximum absolute atomic E-state index is 14.3. The molecule has 3 fully saturated rings. The third-order valence-electron chi connectivity index (χ3n) is 7.79. The predicted octanol–water partition coefficient (Wildman–Crippen LogP) is 2.45. The lowest BCUT2D eigenvalue weighted by molar-refractivity contribution is -0.160. The maximum Gasteiger partial charge on any atom is 0.310 e. The van der Waals surface area contributed by atoms with Crippen molar-refractivity contribution in [2.75, 3.05) is 19.7 Å². The van der Waals surface area contributed by atoms with E-state index in [-0.39, 0.29) is 24.5 Å². The van der Waals surface area contributed by atoms with E-state index in [0.29, 0.717) is 32.2 Å². The zero-order valence-corrected chi connectivity index (χ0v) is 20.9. The van der Waals surface area contributed by atoms with E-state index in [1.165, 1.54) is 4.90 Å². The molecule has 0 radical (unpaired) electrons. The van der Waals surface area contributed by atoms with Crippen molar-refractivity contribution >= 4 is 17.8 Å². The molecule has 3 heterocycles. The van der Waals surface area contributed by atoms with Gasteiger partial charge in [0, 0.05) is 18.6 Å². The first-order chi connectivity index (χ1) is 15.2. The van der Waals surface area contributed by atoms with Gasteiger partial charge in [-0.05, 0) is 44.9 Å². The Balaban J connectivity index is 2.11. The molecule has 186 valence electrons. The lowest BCUT2D eigenvalue weighted by Gasteiger charge is -2.45. The van der Waals surface area contributed by atoms with Crippen molar-refractivity contribution in [2.24, 2.45) is 17.3 Å². The van der Waals surface area contributed by atoms with Gasteiger partial charge in [-0.25, -0.2) is 0 Å². The first-order valence-electron chi connectivity index (χ1n) is 12.0. The number of likely N-dealkylation sites (tertiary alicyclic amines) is 1. The van der Waals surface area contributed by atoms with Crippen LogP contribution in [0.2, 0.25) is 0 Å². The number of aliphatic hydroxyl groups excluding tert-OH is 1. The summed E-state index contributed by atoms with van der Waals surface area (Å²) in [6.45, 7) is 16.0. The Morgan fingerprint density at radius 1 is 1.27 bits per heavy atom. The van der Waals surface area contributed by atoms with E-state index in [9.17, 15) is 24.6 Å². The Kier molecular flexibility index (Phi) is 6.52. The summed E-state index contributed by atoms with van der Waals surface area (Å²) in [7, 11) is 0. The number of nitrogens with zero attached hydrogens (tertiary/aromatic N) is 2. The predicted molar refractivity (Wildman–Crippen MR) is 123 cm³/mol. The summed E-state index contributed by atoms with van der Waals surface area (Å²) < 4.78 is 6.52. The molecule has 8 heteroatoms. The summed E-state index contributed by atoms with van der Waals surface area (Å²) >= 11 is 0. The van der Waals surface area contributed by atoms with Gasteiger partial charge in [-0.1, -0.05) is 33.8 Å². The molecule has 3 rings (SSSR count). The number of aliphatic carboxylic acids is 1. The van der Waals surface area contributed by atoms with Crippen molar-refractivity contribution in [2.45, 2.75) is 90.0 Å². The highest BCUT2D eigenvalue weighted by Gasteiger charge is 2.79. The van der Waals surface area contributed by atoms with Crippen molar-refractivity contribution in [3.8, 4) is 0 Å². The van der Waals surface area contributed by atoms with Crippen LogP contribution >= 0.6 is 0 Å². The van der Waals surface area contributed by atoms with Crippen LogP contribution in [0.5, 0.6) is 0 Å². The number of carbonyl (C=O) groups excluding carboxylic acids is 2. The molecule has 0 aromatic heterocycles. The van der Waals surface area contributed by atoms with Crippen LogP contribution in [-0.4, -0.2) is 80.3 Å². The van der Waals surface area contributed by atoms with Gasteiger partial charge in [-0.2, -0.15) is 0 Å². The van der Waals surface area contributed by atoms with Gasteiger partial charge < -0.3 is 24.7 Å². The number of carboxylic acids is 1. The summed E-state index contributed by atoms with van der Waals surface area (Å²) in [5.74, 6) is -3.67. The van der Waals surface area contributed by atoms with Crippen molar-refractivity contribution in [3.05, 3.63) is 12.7 Å². The second-order valence-corrected chi connectivity index (χ2v) is 11.7. The van der Waals surface area contributed by atoms with E-state index in [0.717, 1.165) is 0 Å². The number of β-amino-alcohol motifs (C(OH)–C–C–N with tert-alkyl or cyclic N) is 1. The number of carboxylic acid groups (broad SMARTS) is 1. The van der Waals surface area contributed by atoms with Gasteiger partial charge in [0.15, 0.2) is 0 Å². The average molecular weight is 465 g/mol. The van der Waals surface area contributed by atoms with Crippen LogP contribution in [0, 0.1) is 17.3 Å². The summed E-state index contributed by atoms with van der Waals surface area (Å²) in [6.07, 6.45) is 3.79. The minimum absolute atomic E-state index is 0.0378. The quantitative estimate of drug-likeness (QED) is 0.508. The number of amides is 2. The zero-order chi connectivity index (χ0) is 25.0. The molecule has 33 heavy (non-hydrogen) atoms. The molecule has 2 bridgehead atoms. The molecule has 5 atom stereocenters. The van der Waals surface area contributed by atoms with Crippen LogP contribution in [0.25, 0.3) is 0 Å². The number of rotatable bonds is 9.